The van der Waals surface area contributed by atoms with E-state index in [9.17, 15) is 13.2 Å². The van der Waals surface area contributed by atoms with Crippen LogP contribution in [0, 0.1) is 5.92 Å². The van der Waals surface area contributed by atoms with Crippen molar-refractivity contribution < 1.29 is 18.3 Å². The quantitative estimate of drug-likeness (QED) is 0.650. The third-order valence-electron chi connectivity index (χ3n) is 4.28. The fraction of sp³-hybridized carbons (Fsp3) is 0.923. The molecule has 0 radical (unpaired) electrons. The number of carbonyl (C=O) groups is 1. The standard InChI is InChI=1S/C13H25N3O4S/c17-13(18)12-4-10-16(11-5-12)21(19,20)14-6-3-9-15-7-1-2-8-15/h12,14H,1-11H2,(H,17,18). The first-order valence-corrected chi connectivity index (χ1v) is 9.13. The van der Waals surface area contributed by atoms with E-state index in [0.717, 1.165) is 26.1 Å². The summed E-state index contributed by atoms with van der Waals surface area (Å²) in [5.74, 6) is -1.24. The van der Waals surface area contributed by atoms with Gasteiger partial charge in [0.05, 0.1) is 5.92 Å². The molecule has 0 aromatic rings. The maximum atomic E-state index is 12.1. The summed E-state index contributed by atoms with van der Waals surface area (Å²) in [6.45, 7) is 4.20. The van der Waals surface area contributed by atoms with E-state index < -0.39 is 22.1 Å². The van der Waals surface area contributed by atoms with Crippen molar-refractivity contribution >= 4 is 16.2 Å². The lowest BCUT2D eigenvalue weighted by Gasteiger charge is -2.29. The van der Waals surface area contributed by atoms with Crippen molar-refractivity contribution in [3.05, 3.63) is 0 Å². The number of aliphatic carboxylic acids is 1. The number of nitrogens with one attached hydrogen (secondary N) is 1. The van der Waals surface area contributed by atoms with Crippen LogP contribution in [-0.4, -0.2) is 68.0 Å². The Morgan fingerprint density at radius 1 is 1.14 bits per heavy atom. The fourth-order valence-electron chi connectivity index (χ4n) is 2.94. The molecule has 122 valence electrons. The maximum Gasteiger partial charge on any atom is 0.306 e. The molecule has 0 amide bonds. The molecule has 2 aliphatic heterocycles. The summed E-state index contributed by atoms with van der Waals surface area (Å²) in [5, 5.41) is 8.92. The first kappa shape index (κ1) is 16.7. The summed E-state index contributed by atoms with van der Waals surface area (Å²) >= 11 is 0. The normalized spacial score (nSPS) is 22.7. The number of rotatable bonds is 7. The van der Waals surface area contributed by atoms with E-state index >= 15 is 0 Å². The molecule has 0 spiro atoms. The highest BCUT2D eigenvalue weighted by Crippen LogP contribution is 2.19. The molecule has 2 heterocycles. The average molecular weight is 319 g/mol. The molecule has 2 N–H and O–H groups in total. The number of hydrogen-bond acceptors (Lipinski definition) is 4. The summed E-state index contributed by atoms with van der Waals surface area (Å²) in [5.41, 5.74) is 0. The number of carboxylic acid groups (broad SMARTS) is 1. The van der Waals surface area contributed by atoms with E-state index in [4.69, 9.17) is 5.11 Å². The number of carboxylic acids is 1. The first-order chi connectivity index (χ1) is 9.99. The second-order valence-electron chi connectivity index (χ2n) is 5.81. The van der Waals surface area contributed by atoms with Gasteiger partial charge in [0.25, 0.3) is 10.2 Å². The molecule has 8 heteroatoms. The molecule has 2 saturated heterocycles. The fourth-order valence-corrected chi connectivity index (χ4v) is 4.22. The lowest BCUT2D eigenvalue weighted by Crippen LogP contribution is -2.46. The largest absolute Gasteiger partial charge is 0.481 e. The van der Waals surface area contributed by atoms with Crippen molar-refractivity contribution in [1.82, 2.24) is 13.9 Å². The summed E-state index contributed by atoms with van der Waals surface area (Å²) in [6.07, 6.45) is 4.08. The van der Waals surface area contributed by atoms with E-state index in [1.54, 1.807) is 0 Å². The molecule has 0 bridgehead atoms. The third kappa shape index (κ3) is 4.91. The van der Waals surface area contributed by atoms with Crippen molar-refractivity contribution in [2.24, 2.45) is 5.92 Å². The van der Waals surface area contributed by atoms with Gasteiger partial charge in [0.15, 0.2) is 0 Å². The third-order valence-corrected chi connectivity index (χ3v) is 5.89. The van der Waals surface area contributed by atoms with Crippen molar-refractivity contribution in [3.63, 3.8) is 0 Å². The van der Waals surface area contributed by atoms with Crippen molar-refractivity contribution in [2.45, 2.75) is 32.1 Å². The van der Waals surface area contributed by atoms with Crippen molar-refractivity contribution in [3.8, 4) is 0 Å². The van der Waals surface area contributed by atoms with Crippen LogP contribution >= 0.6 is 0 Å². The van der Waals surface area contributed by atoms with Gasteiger partial charge in [0.1, 0.15) is 0 Å². The van der Waals surface area contributed by atoms with Gasteiger partial charge in [-0.1, -0.05) is 0 Å². The lowest BCUT2D eigenvalue weighted by atomic mass is 9.99. The van der Waals surface area contributed by atoms with Crippen LogP contribution in [0.3, 0.4) is 0 Å². The molecule has 0 unspecified atom stereocenters. The Morgan fingerprint density at radius 3 is 2.33 bits per heavy atom. The number of hydrogen-bond donors (Lipinski definition) is 2. The predicted molar refractivity (Wildman–Crippen MR) is 79.1 cm³/mol. The van der Waals surface area contributed by atoms with Gasteiger partial charge < -0.3 is 10.0 Å². The Bertz CT molecular complexity index is 440. The van der Waals surface area contributed by atoms with Gasteiger partial charge in [-0.05, 0) is 51.7 Å². The molecule has 7 nitrogen and oxygen atoms in total. The van der Waals surface area contributed by atoms with E-state index in [-0.39, 0.29) is 0 Å². The molecule has 2 aliphatic rings. The van der Waals surface area contributed by atoms with Gasteiger partial charge in [0, 0.05) is 19.6 Å². The number of nitrogens with zero attached hydrogens (tertiary/aromatic N) is 2. The molecular weight excluding hydrogens is 294 g/mol. The summed E-state index contributed by atoms with van der Waals surface area (Å²) in [4.78, 5) is 13.2. The van der Waals surface area contributed by atoms with E-state index in [2.05, 4.69) is 9.62 Å². The summed E-state index contributed by atoms with van der Waals surface area (Å²) < 4.78 is 28.2. The van der Waals surface area contributed by atoms with Crippen LogP contribution in [0.2, 0.25) is 0 Å². The van der Waals surface area contributed by atoms with Crippen LogP contribution in [-0.2, 0) is 15.0 Å². The maximum absolute atomic E-state index is 12.1. The van der Waals surface area contributed by atoms with E-state index in [1.807, 2.05) is 0 Å². The van der Waals surface area contributed by atoms with Crippen molar-refractivity contribution in [2.75, 3.05) is 39.3 Å². The Balaban J connectivity index is 1.68. The van der Waals surface area contributed by atoms with Crippen LogP contribution in [0.25, 0.3) is 0 Å². The lowest BCUT2D eigenvalue weighted by molar-refractivity contribution is -0.142. The molecule has 21 heavy (non-hydrogen) atoms. The topological polar surface area (TPSA) is 90.0 Å². The highest BCUT2D eigenvalue weighted by molar-refractivity contribution is 7.87. The minimum Gasteiger partial charge on any atom is -0.481 e. The van der Waals surface area contributed by atoms with Crippen LogP contribution in [0.4, 0.5) is 0 Å². The van der Waals surface area contributed by atoms with Gasteiger partial charge in [-0.25, -0.2) is 4.72 Å². The van der Waals surface area contributed by atoms with Crippen LogP contribution in [0.1, 0.15) is 32.1 Å². The van der Waals surface area contributed by atoms with E-state index in [0.29, 0.717) is 32.5 Å². The highest BCUT2D eigenvalue weighted by atomic mass is 32.2. The van der Waals surface area contributed by atoms with Gasteiger partial charge in [0.2, 0.25) is 0 Å². The highest BCUT2D eigenvalue weighted by Gasteiger charge is 2.30. The van der Waals surface area contributed by atoms with Crippen LogP contribution in [0.5, 0.6) is 0 Å². The molecule has 2 rings (SSSR count). The van der Waals surface area contributed by atoms with Gasteiger partial charge in [-0.2, -0.15) is 12.7 Å². The average Bonchev–Trinajstić information content (AvgIpc) is 2.97. The smallest absolute Gasteiger partial charge is 0.306 e. The Labute approximate surface area is 126 Å². The van der Waals surface area contributed by atoms with Crippen LogP contribution in [0.15, 0.2) is 0 Å². The van der Waals surface area contributed by atoms with Crippen molar-refractivity contribution in [1.29, 1.82) is 0 Å². The monoisotopic (exact) mass is 319 g/mol. The molecule has 2 fully saturated rings. The van der Waals surface area contributed by atoms with Gasteiger partial charge in [-0.3, -0.25) is 4.79 Å². The second-order valence-corrected chi connectivity index (χ2v) is 7.57. The SMILES string of the molecule is O=C(O)C1CCN(S(=O)(=O)NCCCN2CCCC2)CC1. The second kappa shape index (κ2) is 7.53. The molecule has 0 aliphatic carbocycles. The van der Waals surface area contributed by atoms with Gasteiger partial charge in [-0.15, -0.1) is 0 Å². The van der Waals surface area contributed by atoms with E-state index in [1.165, 1.54) is 17.1 Å². The zero-order valence-electron chi connectivity index (χ0n) is 12.3. The molecule has 0 aromatic carbocycles. The summed E-state index contributed by atoms with van der Waals surface area (Å²) in [6, 6.07) is 0. The number of piperidine rings is 1. The number of likely N-dealkylation sites (tertiary alicyclic amines) is 1. The Kier molecular flexibility index (Phi) is 5.98. The molecule has 0 aromatic heterocycles. The summed E-state index contributed by atoms with van der Waals surface area (Å²) in [7, 11) is -3.46. The predicted octanol–water partition coefficient (Wildman–Crippen LogP) is 0.103. The van der Waals surface area contributed by atoms with Gasteiger partial charge >= 0.3 is 5.97 Å². The Morgan fingerprint density at radius 2 is 1.76 bits per heavy atom. The Hall–Kier alpha value is -0.700. The minimum atomic E-state index is -3.46. The zero-order chi connectivity index (χ0) is 15.3. The van der Waals surface area contributed by atoms with Crippen LogP contribution < -0.4 is 4.72 Å². The molecule has 0 saturated carbocycles. The molecule has 0 atom stereocenters. The molecular formula is C13H25N3O4S. The minimum absolute atomic E-state index is 0.290. The zero-order valence-corrected chi connectivity index (χ0v) is 13.1. The first-order valence-electron chi connectivity index (χ1n) is 7.69.